The fourth-order valence-electron chi connectivity index (χ4n) is 5.72. The molecule has 2 aromatic carbocycles. The maximum absolute atomic E-state index is 14.9. The van der Waals surface area contributed by atoms with Crippen molar-refractivity contribution >= 4 is 11.3 Å². The minimum Gasteiger partial charge on any atom is -0.481 e. The fourth-order valence-corrected chi connectivity index (χ4v) is 5.72. The summed E-state index contributed by atoms with van der Waals surface area (Å²) in [4.78, 5) is 0. The van der Waals surface area contributed by atoms with Crippen LogP contribution in [0.2, 0.25) is 0 Å². The monoisotopic (exact) mass is 421 g/mol. The third kappa shape index (κ3) is 3.19. The first-order valence-corrected chi connectivity index (χ1v) is 11.1. The quantitative estimate of drug-likeness (QED) is 0.474. The van der Waals surface area contributed by atoms with Crippen LogP contribution in [0.15, 0.2) is 41.5 Å². The average Bonchev–Trinajstić information content (AvgIpc) is 2.68. The van der Waals surface area contributed by atoms with E-state index in [2.05, 4.69) is 46.0 Å². The zero-order chi connectivity index (χ0) is 22.1. The van der Waals surface area contributed by atoms with Gasteiger partial charge < -0.3 is 10.1 Å². The lowest BCUT2D eigenvalue weighted by Crippen LogP contribution is -2.33. The summed E-state index contributed by atoms with van der Waals surface area (Å²) in [6.45, 7) is 10.8. The highest BCUT2D eigenvalue weighted by molar-refractivity contribution is 5.89. The van der Waals surface area contributed by atoms with Crippen LogP contribution in [0.3, 0.4) is 0 Å². The van der Waals surface area contributed by atoms with Gasteiger partial charge in [-0.05, 0) is 77.2 Å². The minimum atomic E-state index is -0.635. The number of anilines is 1. The smallest absolute Gasteiger partial charge is 0.168 e. The van der Waals surface area contributed by atoms with Crippen LogP contribution in [-0.2, 0) is 0 Å². The van der Waals surface area contributed by atoms with Crippen molar-refractivity contribution in [2.24, 2.45) is 5.92 Å². The van der Waals surface area contributed by atoms with Crippen LogP contribution in [0.4, 0.5) is 14.5 Å². The van der Waals surface area contributed by atoms with Crippen molar-refractivity contribution in [1.82, 2.24) is 0 Å². The Labute approximate surface area is 183 Å². The molecule has 0 bridgehead atoms. The summed E-state index contributed by atoms with van der Waals surface area (Å²) in [7, 11) is 0. The molecule has 2 aliphatic heterocycles. The molecular weight excluding hydrogens is 392 g/mol. The van der Waals surface area contributed by atoms with E-state index in [0.29, 0.717) is 5.56 Å². The molecule has 0 saturated heterocycles. The van der Waals surface area contributed by atoms with Crippen LogP contribution in [0, 0.1) is 17.6 Å². The van der Waals surface area contributed by atoms with Gasteiger partial charge in [0.2, 0.25) is 0 Å². The van der Waals surface area contributed by atoms with Gasteiger partial charge in [0.1, 0.15) is 11.9 Å². The summed E-state index contributed by atoms with van der Waals surface area (Å²) in [6, 6.07) is 6.35. The summed E-state index contributed by atoms with van der Waals surface area (Å²) in [5.41, 5.74) is 8.29. The minimum absolute atomic E-state index is 0.163. The van der Waals surface area contributed by atoms with Crippen LogP contribution in [0.1, 0.15) is 71.1 Å². The average molecular weight is 422 g/mol. The van der Waals surface area contributed by atoms with E-state index < -0.39 is 11.6 Å². The molecule has 0 fully saturated rings. The lowest BCUT2D eigenvalue weighted by Gasteiger charge is -2.41. The van der Waals surface area contributed by atoms with Crippen molar-refractivity contribution in [2.45, 2.75) is 65.5 Å². The standard InChI is InChI=1S/C27H29F2NO/c1-14-7-6-8-18(16(14)3)26-24-19(20-11-17(28)12-21(29)25(20)31-26)9-10-22-23(24)15(2)13-27(4,5)30-22/h9-13,18,26,30H,6-8H2,1-5H3/t18-,26+/m1/s1. The Kier molecular flexibility index (Phi) is 4.55. The van der Waals surface area contributed by atoms with Crippen LogP contribution in [0.25, 0.3) is 16.7 Å². The molecule has 1 aliphatic carbocycles. The maximum atomic E-state index is 14.9. The van der Waals surface area contributed by atoms with Gasteiger partial charge in [-0.1, -0.05) is 23.3 Å². The highest BCUT2D eigenvalue weighted by atomic mass is 19.1. The second-order valence-electron chi connectivity index (χ2n) is 9.89. The highest BCUT2D eigenvalue weighted by Gasteiger charge is 2.40. The Morgan fingerprint density at radius 3 is 2.61 bits per heavy atom. The number of rotatable bonds is 1. The molecule has 5 rings (SSSR count). The van der Waals surface area contributed by atoms with Crippen LogP contribution < -0.4 is 10.1 Å². The number of benzene rings is 2. The Morgan fingerprint density at radius 1 is 1.06 bits per heavy atom. The molecule has 2 nitrogen and oxygen atoms in total. The van der Waals surface area contributed by atoms with Gasteiger partial charge in [0.05, 0.1) is 5.54 Å². The predicted octanol–water partition coefficient (Wildman–Crippen LogP) is 7.81. The molecule has 2 atom stereocenters. The van der Waals surface area contributed by atoms with Gasteiger partial charge >= 0.3 is 0 Å². The largest absolute Gasteiger partial charge is 0.481 e. The Morgan fingerprint density at radius 2 is 1.84 bits per heavy atom. The van der Waals surface area contributed by atoms with E-state index in [-0.39, 0.29) is 23.3 Å². The van der Waals surface area contributed by atoms with Gasteiger partial charge in [0.15, 0.2) is 11.6 Å². The number of ether oxygens (including phenoxy) is 1. The van der Waals surface area contributed by atoms with Crippen molar-refractivity contribution in [2.75, 3.05) is 5.32 Å². The Bertz CT molecular complexity index is 1160. The summed E-state index contributed by atoms with van der Waals surface area (Å²) in [6.07, 6.45) is 5.11. The number of allylic oxidation sites excluding steroid dienone is 2. The topological polar surface area (TPSA) is 21.3 Å². The van der Waals surface area contributed by atoms with Gasteiger partial charge in [0.25, 0.3) is 0 Å². The molecule has 3 aliphatic rings. The van der Waals surface area contributed by atoms with Gasteiger partial charge in [-0.2, -0.15) is 0 Å². The third-order valence-electron chi connectivity index (χ3n) is 7.16. The zero-order valence-corrected chi connectivity index (χ0v) is 18.8. The first-order valence-electron chi connectivity index (χ1n) is 11.1. The van der Waals surface area contributed by atoms with E-state index in [0.717, 1.165) is 47.7 Å². The van der Waals surface area contributed by atoms with Crippen molar-refractivity contribution in [3.8, 4) is 16.9 Å². The molecule has 162 valence electrons. The number of hydrogen-bond acceptors (Lipinski definition) is 2. The van der Waals surface area contributed by atoms with E-state index in [9.17, 15) is 8.78 Å². The Hall–Kier alpha value is -2.62. The number of halogens is 2. The second-order valence-corrected chi connectivity index (χ2v) is 9.89. The van der Waals surface area contributed by atoms with Crippen molar-refractivity contribution in [1.29, 1.82) is 0 Å². The summed E-state index contributed by atoms with van der Waals surface area (Å²) in [5.74, 6) is -0.887. The predicted molar refractivity (Wildman–Crippen MR) is 122 cm³/mol. The maximum Gasteiger partial charge on any atom is 0.168 e. The van der Waals surface area contributed by atoms with E-state index in [4.69, 9.17) is 4.74 Å². The van der Waals surface area contributed by atoms with E-state index in [1.54, 1.807) is 0 Å². The second kappa shape index (κ2) is 6.94. The van der Waals surface area contributed by atoms with Crippen LogP contribution in [0.5, 0.6) is 5.75 Å². The van der Waals surface area contributed by atoms with Crippen LogP contribution >= 0.6 is 0 Å². The third-order valence-corrected chi connectivity index (χ3v) is 7.16. The fraction of sp³-hybridized carbons (Fsp3) is 0.407. The molecule has 0 spiro atoms. The first-order chi connectivity index (χ1) is 14.7. The van der Waals surface area contributed by atoms with Crippen molar-refractivity contribution in [3.05, 3.63) is 64.2 Å². The van der Waals surface area contributed by atoms with E-state index >= 15 is 0 Å². The van der Waals surface area contributed by atoms with Gasteiger partial charge in [0, 0.05) is 34.4 Å². The van der Waals surface area contributed by atoms with Crippen molar-refractivity contribution in [3.63, 3.8) is 0 Å². The Balaban J connectivity index is 1.80. The molecular formula is C27H29F2NO. The SMILES string of the molecule is CC1=CC(C)(C)Nc2ccc3c(c21)[C@H]([C@@H]1CCCC(C)=C1C)Oc1c(F)cc(F)cc1-3. The summed E-state index contributed by atoms with van der Waals surface area (Å²) >= 11 is 0. The van der Waals surface area contributed by atoms with Gasteiger partial charge in [-0.15, -0.1) is 0 Å². The molecule has 0 unspecified atom stereocenters. The first kappa shape index (κ1) is 20.3. The van der Waals surface area contributed by atoms with Gasteiger partial charge in [-0.25, -0.2) is 8.78 Å². The molecule has 2 aromatic rings. The number of hydrogen-bond donors (Lipinski definition) is 1. The lowest BCUT2D eigenvalue weighted by molar-refractivity contribution is 0.132. The normalized spacial score (nSPS) is 23.8. The van der Waals surface area contributed by atoms with E-state index in [1.807, 2.05) is 12.1 Å². The van der Waals surface area contributed by atoms with Gasteiger partial charge in [-0.3, -0.25) is 0 Å². The summed E-state index contributed by atoms with van der Waals surface area (Å²) in [5, 5.41) is 3.61. The molecule has 0 saturated carbocycles. The number of fused-ring (bicyclic) bond motifs is 5. The zero-order valence-electron chi connectivity index (χ0n) is 18.8. The van der Waals surface area contributed by atoms with E-state index in [1.165, 1.54) is 22.8 Å². The summed E-state index contributed by atoms with van der Waals surface area (Å²) < 4.78 is 35.5. The lowest BCUT2D eigenvalue weighted by atomic mass is 9.73. The molecule has 0 aromatic heterocycles. The molecule has 4 heteroatoms. The molecule has 2 heterocycles. The van der Waals surface area contributed by atoms with Crippen molar-refractivity contribution < 1.29 is 13.5 Å². The molecule has 0 amide bonds. The molecule has 1 N–H and O–H groups in total. The van der Waals surface area contributed by atoms with Crippen LogP contribution in [-0.4, -0.2) is 5.54 Å². The highest BCUT2D eigenvalue weighted by Crippen LogP contribution is 2.54. The molecule has 31 heavy (non-hydrogen) atoms. The molecule has 0 radical (unpaired) electrons. The number of nitrogens with one attached hydrogen (secondary N) is 1.